The molecule has 0 bridgehead atoms. The zero-order valence-electron chi connectivity index (χ0n) is 13.8. The fourth-order valence-electron chi connectivity index (χ4n) is 3.29. The van der Waals surface area contributed by atoms with Crippen molar-refractivity contribution in [3.8, 4) is 5.75 Å². The van der Waals surface area contributed by atoms with Gasteiger partial charge in [-0.2, -0.15) is 0 Å². The van der Waals surface area contributed by atoms with Crippen LogP contribution >= 0.6 is 0 Å². The number of hydrogen-bond acceptors (Lipinski definition) is 3. The van der Waals surface area contributed by atoms with Crippen LogP contribution in [0.2, 0.25) is 0 Å². The van der Waals surface area contributed by atoms with Crippen molar-refractivity contribution < 1.29 is 14.3 Å². The lowest BCUT2D eigenvalue weighted by atomic mass is 9.90. The van der Waals surface area contributed by atoms with Crippen molar-refractivity contribution in [3.63, 3.8) is 0 Å². The van der Waals surface area contributed by atoms with Crippen LogP contribution in [0.5, 0.6) is 5.75 Å². The van der Waals surface area contributed by atoms with Crippen LogP contribution in [0.15, 0.2) is 84.9 Å². The molecule has 4 rings (SSSR count). The van der Waals surface area contributed by atoms with Gasteiger partial charge >= 0.3 is 5.97 Å². The molecule has 0 amide bonds. The summed E-state index contributed by atoms with van der Waals surface area (Å²) in [5.41, 5.74) is 0.569. The monoisotopic (exact) mass is 330 g/mol. The highest BCUT2D eigenvalue weighted by atomic mass is 16.6. The number of carbonyl (C=O) groups is 1. The number of cyclic esters (lactones) is 1. The minimum Gasteiger partial charge on any atom is -0.488 e. The smallest absolute Gasteiger partial charge is 0.334 e. The van der Waals surface area contributed by atoms with Gasteiger partial charge in [0.05, 0.1) is 0 Å². The van der Waals surface area contributed by atoms with Gasteiger partial charge in [0.25, 0.3) is 0 Å². The van der Waals surface area contributed by atoms with Gasteiger partial charge in [0.2, 0.25) is 0 Å². The zero-order chi connectivity index (χ0) is 17.3. The maximum atomic E-state index is 12.0. The van der Waals surface area contributed by atoms with E-state index in [2.05, 4.69) is 6.58 Å². The number of esters is 1. The molecule has 1 unspecified atom stereocenters. The van der Waals surface area contributed by atoms with E-state index in [-0.39, 0.29) is 12.6 Å². The van der Waals surface area contributed by atoms with Crippen molar-refractivity contribution in [2.45, 2.75) is 12.0 Å². The van der Waals surface area contributed by atoms with Gasteiger partial charge in [-0.15, -0.1) is 0 Å². The molecule has 0 aliphatic carbocycles. The van der Waals surface area contributed by atoms with Crippen LogP contribution in [-0.2, 0) is 15.1 Å². The Bertz CT molecular complexity index is 922. The molecule has 1 heterocycles. The van der Waals surface area contributed by atoms with Crippen LogP contribution in [0.25, 0.3) is 10.8 Å². The first-order chi connectivity index (χ1) is 12.2. The molecule has 124 valence electrons. The van der Waals surface area contributed by atoms with Crippen LogP contribution in [-0.4, -0.2) is 12.6 Å². The Labute approximate surface area is 146 Å². The lowest BCUT2D eigenvalue weighted by molar-refractivity contribution is -0.150. The van der Waals surface area contributed by atoms with Gasteiger partial charge in [-0.25, -0.2) is 4.79 Å². The van der Waals surface area contributed by atoms with Crippen LogP contribution in [0.1, 0.15) is 12.0 Å². The number of carbonyl (C=O) groups excluding carboxylic acids is 1. The molecule has 0 aromatic heterocycles. The quantitative estimate of drug-likeness (QED) is 0.517. The minimum atomic E-state index is -0.827. The second-order valence-corrected chi connectivity index (χ2v) is 6.30. The molecule has 1 aliphatic rings. The van der Waals surface area contributed by atoms with E-state index in [9.17, 15) is 4.79 Å². The maximum Gasteiger partial charge on any atom is 0.334 e. The van der Waals surface area contributed by atoms with Crippen molar-refractivity contribution in [2.24, 2.45) is 0 Å². The average Bonchev–Trinajstić information content (AvgIpc) is 2.96. The number of ether oxygens (including phenoxy) is 2. The summed E-state index contributed by atoms with van der Waals surface area (Å²) in [6.45, 7) is 4.08. The fraction of sp³-hybridized carbons (Fsp3) is 0.136. The third kappa shape index (κ3) is 2.78. The lowest BCUT2D eigenvalue weighted by Crippen LogP contribution is -2.33. The molecule has 25 heavy (non-hydrogen) atoms. The summed E-state index contributed by atoms with van der Waals surface area (Å²) in [5, 5.41) is 2.15. The summed E-state index contributed by atoms with van der Waals surface area (Å²) < 4.78 is 11.9. The average molecular weight is 330 g/mol. The summed E-state index contributed by atoms with van der Waals surface area (Å²) in [5.74, 6) is 0.423. The first kappa shape index (κ1) is 15.5. The summed E-state index contributed by atoms with van der Waals surface area (Å²) in [6, 6.07) is 23.7. The molecule has 0 N–H and O–H groups in total. The summed E-state index contributed by atoms with van der Waals surface area (Å²) >= 11 is 0. The van der Waals surface area contributed by atoms with E-state index in [4.69, 9.17) is 9.47 Å². The number of hydrogen-bond donors (Lipinski definition) is 0. The first-order valence-corrected chi connectivity index (χ1v) is 8.25. The Hall–Kier alpha value is -3.07. The van der Waals surface area contributed by atoms with Crippen LogP contribution in [0.4, 0.5) is 0 Å². The summed E-state index contributed by atoms with van der Waals surface area (Å²) in [7, 11) is 0. The Balaban J connectivity index is 1.68. The summed E-state index contributed by atoms with van der Waals surface area (Å²) in [4.78, 5) is 12.0. The molecule has 3 aromatic carbocycles. The maximum absolute atomic E-state index is 12.0. The third-order valence-corrected chi connectivity index (χ3v) is 4.59. The van der Waals surface area contributed by atoms with E-state index in [1.54, 1.807) is 0 Å². The number of fused-ring (bicyclic) bond motifs is 1. The van der Waals surface area contributed by atoms with Gasteiger partial charge < -0.3 is 9.47 Å². The predicted molar refractivity (Wildman–Crippen MR) is 97.4 cm³/mol. The molecule has 1 atom stereocenters. The SMILES string of the molecule is C=C1CC(COc2cccc3ccccc23)(c2ccccc2)OC1=O. The van der Waals surface area contributed by atoms with Crippen molar-refractivity contribution in [1.82, 2.24) is 0 Å². The summed E-state index contributed by atoms with van der Waals surface area (Å²) in [6.07, 6.45) is 0.431. The highest BCUT2D eigenvalue weighted by Crippen LogP contribution is 2.40. The molecule has 0 radical (unpaired) electrons. The molecule has 0 saturated carbocycles. The second-order valence-electron chi connectivity index (χ2n) is 6.30. The van der Waals surface area contributed by atoms with E-state index in [0.29, 0.717) is 12.0 Å². The van der Waals surface area contributed by atoms with Gasteiger partial charge in [-0.1, -0.05) is 73.3 Å². The number of rotatable bonds is 4. The molecule has 3 aromatic rings. The van der Waals surface area contributed by atoms with Gasteiger partial charge in [0.15, 0.2) is 5.60 Å². The molecule has 1 saturated heterocycles. The predicted octanol–water partition coefficient (Wildman–Crippen LogP) is 4.62. The molecule has 3 nitrogen and oxygen atoms in total. The minimum absolute atomic E-state index is 0.246. The molecule has 1 fully saturated rings. The topological polar surface area (TPSA) is 35.5 Å². The van der Waals surface area contributed by atoms with E-state index in [1.165, 1.54) is 0 Å². The van der Waals surface area contributed by atoms with E-state index in [0.717, 1.165) is 22.1 Å². The van der Waals surface area contributed by atoms with Gasteiger partial charge in [0.1, 0.15) is 12.4 Å². The van der Waals surface area contributed by atoms with Gasteiger partial charge in [0, 0.05) is 17.4 Å². The standard InChI is InChI=1S/C22H18O3/c1-16-14-22(25-21(16)23,18-10-3-2-4-11-18)15-24-20-13-7-9-17-8-5-6-12-19(17)20/h2-13H,1,14-15H2. The van der Waals surface area contributed by atoms with Crippen molar-refractivity contribution in [2.75, 3.05) is 6.61 Å². The van der Waals surface area contributed by atoms with E-state index in [1.807, 2.05) is 72.8 Å². The van der Waals surface area contributed by atoms with E-state index < -0.39 is 5.60 Å². The van der Waals surface area contributed by atoms with Crippen LogP contribution < -0.4 is 4.74 Å². The van der Waals surface area contributed by atoms with Crippen molar-refractivity contribution >= 4 is 16.7 Å². The Kier molecular flexibility index (Phi) is 3.77. The molecule has 1 aliphatic heterocycles. The molecule has 3 heteroatoms. The van der Waals surface area contributed by atoms with Crippen LogP contribution in [0, 0.1) is 0 Å². The normalized spacial score (nSPS) is 19.8. The fourth-order valence-corrected chi connectivity index (χ4v) is 3.29. The molecular formula is C22H18O3. The Morgan fingerprint density at radius 2 is 1.68 bits per heavy atom. The van der Waals surface area contributed by atoms with Crippen molar-refractivity contribution in [1.29, 1.82) is 0 Å². The van der Waals surface area contributed by atoms with Crippen LogP contribution in [0.3, 0.4) is 0 Å². The van der Waals surface area contributed by atoms with Gasteiger partial charge in [-0.3, -0.25) is 0 Å². The highest BCUT2D eigenvalue weighted by Gasteiger charge is 2.45. The highest BCUT2D eigenvalue weighted by molar-refractivity contribution is 5.91. The van der Waals surface area contributed by atoms with Gasteiger partial charge in [-0.05, 0) is 17.0 Å². The molecule has 0 spiro atoms. The first-order valence-electron chi connectivity index (χ1n) is 8.25. The largest absolute Gasteiger partial charge is 0.488 e. The third-order valence-electron chi connectivity index (χ3n) is 4.59. The Morgan fingerprint density at radius 3 is 2.44 bits per heavy atom. The molecular weight excluding hydrogens is 312 g/mol. The zero-order valence-corrected chi connectivity index (χ0v) is 13.8. The van der Waals surface area contributed by atoms with Crippen molar-refractivity contribution in [3.05, 3.63) is 90.5 Å². The lowest BCUT2D eigenvalue weighted by Gasteiger charge is -2.28. The van der Waals surface area contributed by atoms with E-state index >= 15 is 0 Å². The Morgan fingerprint density at radius 1 is 0.960 bits per heavy atom. The number of benzene rings is 3. The second kappa shape index (κ2) is 6.10.